The molecule has 0 aliphatic carbocycles. The van der Waals surface area contributed by atoms with Crippen molar-refractivity contribution in [3.63, 3.8) is 0 Å². The fourth-order valence-corrected chi connectivity index (χ4v) is 13.2. The molecule has 0 saturated carbocycles. The smallest absolute Gasteiger partial charge is 0.462 e. The minimum absolute atomic E-state index is 0.108. The highest BCUT2D eigenvalue weighted by Gasteiger charge is 2.30. The van der Waals surface area contributed by atoms with Crippen molar-refractivity contribution in [2.45, 2.75) is 418 Å². The summed E-state index contributed by atoms with van der Waals surface area (Å²) in [6.45, 7) is 4.97. The van der Waals surface area contributed by atoms with Gasteiger partial charge in [-0.25, -0.2) is 9.13 Å². The molecule has 3 N–H and O–H groups in total. The van der Waals surface area contributed by atoms with Crippen LogP contribution in [0.25, 0.3) is 0 Å². The van der Waals surface area contributed by atoms with E-state index in [1.165, 1.54) is 231 Å². The first-order valence-electron chi connectivity index (χ1n) is 39.3. The van der Waals surface area contributed by atoms with E-state index in [0.29, 0.717) is 25.7 Å². The van der Waals surface area contributed by atoms with Crippen molar-refractivity contribution in [1.82, 2.24) is 0 Å². The van der Waals surface area contributed by atoms with Gasteiger partial charge in [0.15, 0.2) is 12.2 Å². The molecule has 5 atom stereocenters. The van der Waals surface area contributed by atoms with Crippen molar-refractivity contribution >= 4 is 39.5 Å². The van der Waals surface area contributed by atoms with Gasteiger partial charge in [0, 0.05) is 25.7 Å². The van der Waals surface area contributed by atoms with Crippen molar-refractivity contribution in [1.29, 1.82) is 0 Å². The van der Waals surface area contributed by atoms with Gasteiger partial charge in [-0.1, -0.05) is 349 Å². The fourth-order valence-electron chi connectivity index (χ4n) is 11.6. The lowest BCUT2D eigenvalue weighted by Crippen LogP contribution is -2.30. The molecular formula is C75H146O17P2. The summed E-state index contributed by atoms with van der Waals surface area (Å²) in [5.74, 6) is -2.11. The summed E-state index contributed by atoms with van der Waals surface area (Å²) in [5, 5.41) is 10.6. The van der Waals surface area contributed by atoms with Crippen molar-refractivity contribution < 1.29 is 80.2 Å². The molecule has 0 saturated heterocycles. The van der Waals surface area contributed by atoms with Gasteiger partial charge in [0.2, 0.25) is 0 Å². The lowest BCUT2D eigenvalue weighted by molar-refractivity contribution is -0.161. The van der Waals surface area contributed by atoms with Gasteiger partial charge in [-0.15, -0.1) is 0 Å². The quantitative estimate of drug-likeness (QED) is 0.0222. The van der Waals surface area contributed by atoms with Crippen LogP contribution in [-0.4, -0.2) is 96.7 Å². The summed E-state index contributed by atoms with van der Waals surface area (Å²) >= 11 is 0. The Balaban J connectivity index is 5.19. The Morgan fingerprint density at radius 3 is 0.628 bits per heavy atom. The lowest BCUT2D eigenvalue weighted by Gasteiger charge is -2.21. The Bertz CT molecular complexity index is 1790. The van der Waals surface area contributed by atoms with E-state index in [1.807, 2.05) is 0 Å². The van der Waals surface area contributed by atoms with Crippen molar-refractivity contribution in [3.8, 4) is 0 Å². The van der Waals surface area contributed by atoms with Crippen LogP contribution in [0.4, 0.5) is 0 Å². The average Bonchev–Trinajstić information content (AvgIpc) is 1.47. The molecule has 0 bridgehead atoms. The van der Waals surface area contributed by atoms with E-state index in [2.05, 4.69) is 27.7 Å². The van der Waals surface area contributed by atoms with E-state index < -0.39 is 97.5 Å². The number of esters is 4. The molecule has 0 heterocycles. The van der Waals surface area contributed by atoms with Crippen LogP contribution in [0, 0.1) is 0 Å². The molecule has 0 fully saturated rings. The van der Waals surface area contributed by atoms with Crippen molar-refractivity contribution in [3.05, 3.63) is 0 Å². The van der Waals surface area contributed by atoms with E-state index in [0.717, 1.165) is 89.9 Å². The largest absolute Gasteiger partial charge is 0.472 e. The van der Waals surface area contributed by atoms with E-state index >= 15 is 0 Å². The van der Waals surface area contributed by atoms with Gasteiger partial charge >= 0.3 is 39.5 Å². The van der Waals surface area contributed by atoms with Gasteiger partial charge in [-0.05, 0) is 25.7 Å². The minimum atomic E-state index is -4.95. The van der Waals surface area contributed by atoms with Crippen LogP contribution in [0.2, 0.25) is 0 Å². The third kappa shape index (κ3) is 68.6. The first-order valence-corrected chi connectivity index (χ1v) is 42.3. The number of unbranched alkanes of at least 4 members (excludes halogenated alkanes) is 50. The Hall–Kier alpha value is -1.94. The van der Waals surface area contributed by atoms with Gasteiger partial charge in [0.05, 0.1) is 26.4 Å². The monoisotopic (exact) mass is 1380 g/mol. The highest BCUT2D eigenvalue weighted by molar-refractivity contribution is 7.47. The van der Waals surface area contributed by atoms with Gasteiger partial charge in [-0.2, -0.15) is 0 Å². The normalized spacial score (nSPS) is 13.9. The standard InChI is InChI=1S/C75H146O17P2/c1-5-9-13-17-21-25-28-31-32-33-34-35-36-37-39-42-46-50-54-58-62-75(80)92-71(66-86-73(78)60-56-52-48-44-41-38-29-26-22-18-14-10-6-2)68-90-94(83,84)88-64-69(76)63-87-93(81,82)89-67-70(65-85-72(77)59-55-51-47-43-24-20-16-12-8-4)91-74(79)61-57-53-49-45-40-30-27-23-19-15-11-7-3/h69-71,76H,5-68H2,1-4H3,(H,81,82)(H,83,84)/t69-,70+,71+/m0/s1. The fraction of sp³-hybridized carbons (Fsp3) is 0.947. The average molecular weight is 1380 g/mol. The summed E-state index contributed by atoms with van der Waals surface area (Å²) in [7, 11) is -9.90. The summed E-state index contributed by atoms with van der Waals surface area (Å²) < 4.78 is 68.4. The molecule has 0 aliphatic heterocycles. The van der Waals surface area contributed by atoms with Crippen molar-refractivity contribution in [2.75, 3.05) is 39.6 Å². The zero-order valence-electron chi connectivity index (χ0n) is 60.9. The molecule has 0 rings (SSSR count). The van der Waals surface area contributed by atoms with Gasteiger partial charge < -0.3 is 33.8 Å². The van der Waals surface area contributed by atoms with Crippen LogP contribution in [0.5, 0.6) is 0 Å². The molecule has 0 aromatic carbocycles. The highest BCUT2D eigenvalue weighted by atomic mass is 31.2. The molecule has 0 aromatic rings. The Labute approximate surface area is 575 Å². The van der Waals surface area contributed by atoms with Gasteiger partial charge in [-0.3, -0.25) is 37.3 Å². The topological polar surface area (TPSA) is 237 Å². The van der Waals surface area contributed by atoms with Crippen molar-refractivity contribution in [2.24, 2.45) is 0 Å². The predicted octanol–water partition coefficient (Wildman–Crippen LogP) is 22.2. The number of ether oxygens (including phenoxy) is 4. The molecule has 0 spiro atoms. The first kappa shape index (κ1) is 92.1. The summed E-state index contributed by atoms with van der Waals surface area (Å²) in [5.41, 5.74) is 0. The third-order valence-electron chi connectivity index (χ3n) is 17.6. The van der Waals surface area contributed by atoms with Crippen LogP contribution in [0.1, 0.15) is 400 Å². The van der Waals surface area contributed by atoms with Crippen LogP contribution in [0.3, 0.4) is 0 Å². The molecule has 0 amide bonds. The molecule has 0 aromatic heterocycles. The van der Waals surface area contributed by atoms with E-state index in [-0.39, 0.29) is 25.7 Å². The Morgan fingerprint density at radius 2 is 0.426 bits per heavy atom. The molecule has 19 heteroatoms. The van der Waals surface area contributed by atoms with Crippen LogP contribution < -0.4 is 0 Å². The number of phosphoric acid groups is 2. The minimum Gasteiger partial charge on any atom is -0.462 e. The maximum atomic E-state index is 13.1. The zero-order chi connectivity index (χ0) is 69.0. The second-order valence-electron chi connectivity index (χ2n) is 27.0. The van der Waals surface area contributed by atoms with Gasteiger partial charge in [0.1, 0.15) is 19.3 Å². The number of aliphatic hydroxyl groups excluding tert-OH is 1. The first-order chi connectivity index (χ1) is 45.7. The zero-order valence-corrected chi connectivity index (χ0v) is 62.7. The Kier molecular flexibility index (Phi) is 68.1. The number of hydrogen-bond donors (Lipinski definition) is 3. The SMILES string of the molecule is CCCCCCCCCCCCCCCCCCCCCCC(=O)O[C@H](COC(=O)CCCCCCCCCCCCCCC)COP(=O)(O)OC[C@@H](O)COP(=O)(O)OC[C@@H](COC(=O)CCCCCCCCCCC)OC(=O)CCCCCCCCCCCCCC. The highest BCUT2D eigenvalue weighted by Crippen LogP contribution is 2.45. The molecule has 0 radical (unpaired) electrons. The van der Waals surface area contributed by atoms with Crippen LogP contribution >= 0.6 is 15.6 Å². The number of phosphoric ester groups is 2. The van der Waals surface area contributed by atoms with Crippen LogP contribution in [-0.2, 0) is 65.4 Å². The number of carbonyl (C=O) groups excluding carboxylic acids is 4. The predicted molar refractivity (Wildman–Crippen MR) is 382 cm³/mol. The number of carbonyl (C=O) groups is 4. The summed E-state index contributed by atoms with van der Waals surface area (Å²) in [6.07, 6.45) is 59.6. The van der Waals surface area contributed by atoms with E-state index in [4.69, 9.17) is 37.0 Å². The molecular weight excluding hydrogens is 1230 g/mol. The molecule has 17 nitrogen and oxygen atoms in total. The second-order valence-corrected chi connectivity index (χ2v) is 29.9. The summed E-state index contributed by atoms with van der Waals surface area (Å²) in [6, 6.07) is 0. The number of aliphatic hydroxyl groups is 1. The molecule has 0 aliphatic rings. The second kappa shape index (κ2) is 69.5. The lowest BCUT2D eigenvalue weighted by atomic mass is 10.0. The van der Waals surface area contributed by atoms with E-state index in [9.17, 15) is 43.2 Å². The van der Waals surface area contributed by atoms with Gasteiger partial charge in [0.25, 0.3) is 0 Å². The molecule has 2 unspecified atom stereocenters. The van der Waals surface area contributed by atoms with Crippen LogP contribution in [0.15, 0.2) is 0 Å². The summed E-state index contributed by atoms with van der Waals surface area (Å²) in [4.78, 5) is 72.7. The maximum absolute atomic E-state index is 13.1. The molecule has 558 valence electrons. The Morgan fingerprint density at radius 1 is 0.255 bits per heavy atom. The number of hydrogen-bond acceptors (Lipinski definition) is 15. The third-order valence-corrected chi connectivity index (χ3v) is 19.5. The number of rotatable bonds is 76. The maximum Gasteiger partial charge on any atom is 0.472 e. The molecule has 94 heavy (non-hydrogen) atoms. The van der Waals surface area contributed by atoms with E-state index in [1.54, 1.807) is 0 Å².